The predicted octanol–water partition coefficient (Wildman–Crippen LogP) is -2.19. The summed E-state index contributed by atoms with van der Waals surface area (Å²) >= 11 is 0. The Hall–Kier alpha value is -2.54. The maximum Gasteiger partial charge on any atom is 0.280 e. The van der Waals surface area contributed by atoms with Crippen molar-refractivity contribution >= 4 is 23.0 Å². The number of rotatable bonds is 6. The third kappa shape index (κ3) is 3.58. The first-order valence-electron chi connectivity index (χ1n) is 9.01. The molecule has 2 aromatic rings. The van der Waals surface area contributed by atoms with Gasteiger partial charge < -0.3 is 31.7 Å². The lowest BCUT2D eigenvalue weighted by atomic mass is 9.99. The number of hydrogen-bond donors (Lipinski definition) is 6. The van der Waals surface area contributed by atoms with Crippen LogP contribution in [-0.4, -0.2) is 66.5 Å². The number of aliphatic hydroxyl groups is 2. The lowest BCUT2D eigenvalue weighted by Gasteiger charge is -2.20. The van der Waals surface area contributed by atoms with Gasteiger partial charge >= 0.3 is 0 Å². The van der Waals surface area contributed by atoms with E-state index in [-0.39, 0.29) is 35.5 Å². The number of anilines is 1. The largest absolute Gasteiger partial charge is 0.387 e. The van der Waals surface area contributed by atoms with Gasteiger partial charge in [0.05, 0.1) is 12.4 Å². The van der Waals surface area contributed by atoms with Crippen molar-refractivity contribution in [1.82, 2.24) is 24.8 Å². The highest BCUT2D eigenvalue weighted by atomic mass is 16.6. The van der Waals surface area contributed by atoms with E-state index in [4.69, 9.17) is 16.2 Å². The molecule has 0 unspecified atom stereocenters. The summed E-state index contributed by atoms with van der Waals surface area (Å²) in [5, 5.41) is 23.3. The number of aromatic nitrogens is 4. The normalized spacial score (nSPS) is 27.0. The van der Waals surface area contributed by atoms with Crippen LogP contribution in [0.15, 0.2) is 11.1 Å². The van der Waals surface area contributed by atoms with Gasteiger partial charge in [0.2, 0.25) is 11.9 Å². The molecule has 0 saturated carbocycles. The Kier molecular flexibility index (Phi) is 5.65. The quantitative estimate of drug-likeness (QED) is 0.315. The lowest BCUT2D eigenvalue weighted by molar-refractivity contribution is -0.124. The smallest absolute Gasteiger partial charge is 0.280 e. The van der Waals surface area contributed by atoms with Gasteiger partial charge in [-0.15, -0.1) is 0 Å². The van der Waals surface area contributed by atoms with Crippen molar-refractivity contribution in [3.05, 3.63) is 16.7 Å². The molecule has 8 N–H and O–H groups in total. The van der Waals surface area contributed by atoms with E-state index in [1.807, 2.05) is 13.8 Å². The van der Waals surface area contributed by atoms with Crippen LogP contribution in [0.3, 0.4) is 0 Å². The minimum absolute atomic E-state index is 0.000281. The molecule has 1 amide bonds. The topological polar surface area (TPSA) is 194 Å². The summed E-state index contributed by atoms with van der Waals surface area (Å²) in [6.45, 7) is 3.76. The van der Waals surface area contributed by atoms with E-state index >= 15 is 0 Å². The van der Waals surface area contributed by atoms with Gasteiger partial charge in [-0.05, 0) is 5.92 Å². The Bertz CT molecular complexity index is 912. The van der Waals surface area contributed by atoms with E-state index in [0.29, 0.717) is 0 Å². The molecule has 12 nitrogen and oxygen atoms in total. The molecule has 154 valence electrons. The molecule has 12 heteroatoms. The monoisotopic (exact) mass is 395 g/mol. The zero-order chi connectivity index (χ0) is 20.6. The maximum atomic E-state index is 12.1. The first-order chi connectivity index (χ1) is 13.2. The van der Waals surface area contributed by atoms with E-state index in [1.165, 1.54) is 10.9 Å². The second kappa shape index (κ2) is 7.83. The molecular formula is C16H25N7O5. The van der Waals surface area contributed by atoms with Crippen molar-refractivity contribution in [2.45, 2.75) is 50.8 Å². The summed E-state index contributed by atoms with van der Waals surface area (Å²) in [6, 6.07) is -0.680. The molecule has 0 aromatic carbocycles. The predicted molar refractivity (Wildman–Crippen MR) is 98.9 cm³/mol. The molecule has 3 heterocycles. The Morgan fingerprint density at radius 2 is 2.18 bits per heavy atom. The molecule has 6 atom stereocenters. The second-order valence-corrected chi connectivity index (χ2v) is 6.98. The van der Waals surface area contributed by atoms with Gasteiger partial charge in [-0.3, -0.25) is 19.1 Å². The first-order valence-corrected chi connectivity index (χ1v) is 9.01. The van der Waals surface area contributed by atoms with Crippen LogP contribution in [0, 0.1) is 5.92 Å². The van der Waals surface area contributed by atoms with Gasteiger partial charge in [-0.25, -0.2) is 4.98 Å². The number of aromatic amines is 1. The van der Waals surface area contributed by atoms with E-state index in [0.717, 1.165) is 6.42 Å². The first kappa shape index (κ1) is 20.2. The molecule has 0 aliphatic carbocycles. The van der Waals surface area contributed by atoms with Crippen LogP contribution < -0.4 is 22.3 Å². The Morgan fingerprint density at radius 3 is 2.86 bits per heavy atom. The van der Waals surface area contributed by atoms with Gasteiger partial charge in [-0.2, -0.15) is 4.98 Å². The lowest BCUT2D eigenvalue weighted by Crippen LogP contribution is -2.48. The standard InChI is InChI=1S/C16H25N7O5/c1-3-6(2)8(17)13(26)19-4-7-10(24)11(25)15(28-7)23-5-20-9-12(23)21-16(18)22-14(9)27/h5-8,10-11,15,24-25H,3-4,17H2,1-2H3,(H,19,26)(H3,18,21,22,27)/t6-,7+,8+,10+,11+,15+/m0/s1. The number of nitrogen functional groups attached to an aromatic ring is 1. The summed E-state index contributed by atoms with van der Waals surface area (Å²) in [6.07, 6.45) is -2.52. The van der Waals surface area contributed by atoms with Crippen molar-refractivity contribution in [3.63, 3.8) is 0 Å². The Labute approximate surface area is 159 Å². The fraction of sp³-hybridized carbons (Fsp3) is 0.625. The molecule has 1 saturated heterocycles. The van der Waals surface area contributed by atoms with E-state index in [9.17, 15) is 19.8 Å². The molecule has 1 aliphatic heterocycles. The third-order valence-electron chi connectivity index (χ3n) is 5.10. The number of H-pyrrole nitrogens is 1. The van der Waals surface area contributed by atoms with E-state index in [1.54, 1.807) is 0 Å². The second-order valence-electron chi connectivity index (χ2n) is 6.98. The number of nitrogens with two attached hydrogens (primary N) is 2. The molecule has 0 spiro atoms. The van der Waals surface area contributed by atoms with Crippen LogP contribution in [0.5, 0.6) is 0 Å². The summed E-state index contributed by atoms with van der Waals surface area (Å²) in [5.74, 6) is -0.480. The van der Waals surface area contributed by atoms with Crippen molar-refractivity contribution < 1.29 is 19.7 Å². The Balaban J connectivity index is 1.75. The highest BCUT2D eigenvalue weighted by Gasteiger charge is 2.44. The molecule has 0 bridgehead atoms. The number of imidazole rings is 1. The van der Waals surface area contributed by atoms with E-state index < -0.39 is 36.1 Å². The molecule has 3 rings (SSSR count). The van der Waals surface area contributed by atoms with Crippen molar-refractivity contribution in [3.8, 4) is 0 Å². The maximum absolute atomic E-state index is 12.1. The zero-order valence-electron chi connectivity index (χ0n) is 15.6. The SMILES string of the molecule is CC[C@H](C)[C@@H](N)C(=O)NC[C@H]1O[C@@H](n2cnc3c(=O)[nH]c(N)nc32)[C@H](O)[C@@H]1O. The van der Waals surface area contributed by atoms with Crippen LogP contribution in [0.25, 0.3) is 11.2 Å². The molecular weight excluding hydrogens is 370 g/mol. The Morgan fingerprint density at radius 1 is 1.46 bits per heavy atom. The fourth-order valence-corrected chi connectivity index (χ4v) is 3.09. The minimum atomic E-state index is -1.33. The highest BCUT2D eigenvalue weighted by molar-refractivity contribution is 5.81. The summed E-state index contributed by atoms with van der Waals surface area (Å²) in [4.78, 5) is 34.3. The summed E-state index contributed by atoms with van der Waals surface area (Å²) in [7, 11) is 0. The number of ether oxygens (including phenoxy) is 1. The number of nitrogens with zero attached hydrogens (tertiary/aromatic N) is 3. The number of carbonyl (C=O) groups is 1. The average Bonchev–Trinajstić information content (AvgIpc) is 3.20. The van der Waals surface area contributed by atoms with Gasteiger partial charge in [0, 0.05) is 6.54 Å². The van der Waals surface area contributed by atoms with Gasteiger partial charge in [0.15, 0.2) is 17.4 Å². The van der Waals surface area contributed by atoms with Gasteiger partial charge in [0.1, 0.15) is 18.3 Å². The van der Waals surface area contributed by atoms with Crippen molar-refractivity contribution in [2.24, 2.45) is 11.7 Å². The number of fused-ring (bicyclic) bond motifs is 1. The number of amides is 1. The van der Waals surface area contributed by atoms with Crippen LogP contribution >= 0.6 is 0 Å². The fourth-order valence-electron chi connectivity index (χ4n) is 3.09. The van der Waals surface area contributed by atoms with Gasteiger partial charge in [0.25, 0.3) is 5.56 Å². The van der Waals surface area contributed by atoms with Crippen molar-refractivity contribution in [2.75, 3.05) is 12.3 Å². The number of hydrogen-bond acceptors (Lipinski definition) is 9. The number of aliphatic hydroxyl groups excluding tert-OH is 2. The molecule has 1 aliphatic rings. The summed E-state index contributed by atoms with van der Waals surface area (Å²) in [5.41, 5.74) is 11.1. The molecule has 2 aromatic heterocycles. The van der Waals surface area contributed by atoms with Crippen LogP contribution in [0.2, 0.25) is 0 Å². The molecule has 28 heavy (non-hydrogen) atoms. The van der Waals surface area contributed by atoms with Crippen molar-refractivity contribution in [1.29, 1.82) is 0 Å². The zero-order valence-corrected chi connectivity index (χ0v) is 15.6. The molecule has 0 radical (unpaired) electrons. The number of nitrogens with one attached hydrogen (secondary N) is 2. The van der Waals surface area contributed by atoms with E-state index in [2.05, 4.69) is 20.3 Å². The average molecular weight is 395 g/mol. The van der Waals surface area contributed by atoms with Crippen LogP contribution in [0.4, 0.5) is 5.95 Å². The van der Waals surface area contributed by atoms with Crippen LogP contribution in [-0.2, 0) is 9.53 Å². The number of carbonyl (C=O) groups excluding carboxylic acids is 1. The highest BCUT2D eigenvalue weighted by Crippen LogP contribution is 2.30. The minimum Gasteiger partial charge on any atom is -0.387 e. The van der Waals surface area contributed by atoms with Crippen LogP contribution in [0.1, 0.15) is 26.5 Å². The molecule has 1 fully saturated rings. The third-order valence-corrected chi connectivity index (χ3v) is 5.10. The van der Waals surface area contributed by atoms with Gasteiger partial charge in [-0.1, -0.05) is 20.3 Å². The summed E-state index contributed by atoms with van der Waals surface area (Å²) < 4.78 is 7.03.